The van der Waals surface area contributed by atoms with Gasteiger partial charge in [0, 0.05) is 23.9 Å². The Kier molecular flexibility index (Phi) is 6.81. The molecule has 128 valence electrons. The molecule has 1 atom stereocenters. The molecule has 1 aromatic carbocycles. The zero-order valence-electron chi connectivity index (χ0n) is 13.9. The van der Waals surface area contributed by atoms with Gasteiger partial charge in [0.1, 0.15) is 5.75 Å². The second-order valence-corrected chi connectivity index (χ2v) is 6.09. The van der Waals surface area contributed by atoms with Crippen molar-refractivity contribution in [2.24, 2.45) is 0 Å². The fourth-order valence-electron chi connectivity index (χ4n) is 2.20. The number of carbonyl (C=O) groups is 2. The maximum absolute atomic E-state index is 12.0. The van der Waals surface area contributed by atoms with E-state index in [-0.39, 0.29) is 24.3 Å². The lowest BCUT2D eigenvalue weighted by atomic mass is 10.1. The smallest absolute Gasteiger partial charge is 0.252 e. The molecule has 0 aliphatic rings. The van der Waals surface area contributed by atoms with Crippen LogP contribution in [0.5, 0.6) is 5.75 Å². The van der Waals surface area contributed by atoms with Gasteiger partial charge in [0.05, 0.1) is 12.6 Å². The number of hydrogen-bond acceptors (Lipinski definition) is 4. The van der Waals surface area contributed by atoms with Crippen LogP contribution in [0.4, 0.5) is 0 Å². The van der Waals surface area contributed by atoms with Crippen LogP contribution in [0.2, 0.25) is 0 Å². The molecule has 2 amide bonds. The Morgan fingerprint density at radius 2 is 1.96 bits per heavy atom. The molecule has 0 saturated carbocycles. The Morgan fingerprint density at radius 3 is 2.58 bits per heavy atom. The summed E-state index contributed by atoms with van der Waals surface area (Å²) in [5, 5.41) is 9.30. The van der Waals surface area contributed by atoms with Crippen molar-refractivity contribution in [1.29, 1.82) is 0 Å². The quantitative estimate of drug-likeness (QED) is 0.771. The largest absolute Gasteiger partial charge is 0.494 e. The minimum Gasteiger partial charge on any atom is -0.494 e. The molecule has 24 heavy (non-hydrogen) atoms. The summed E-state index contributed by atoms with van der Waals surface area (Å²) in [5.41, 5.74) is 1.64. The van der Waals surface area contributed by atoms with Gasteiger partial charge in [-0.1, -0.05) is 12.1 Å². The van der Waals surface area contributed by atoms with Crippen LogP contribution in [0.25, 0.3) is 0 Å². The van der Waals surface area contributed by atoms with Crippen LogP contribution in [0, 0.1) is 0 Å². The maximum Gasteiger partial charge on any atom is 0.252 e. The van der Waals surface area contributed by atoms with Crippen LogP contribution >= 0.6 is 11.3 Å². The highest BCUT2D eigenvalue weighted by molar-refractivity contribution is 7.08. The van der Waals surface area contributed by atoms with Crippen LogP contribution in [-0.4, -0.2) is 25.0 Å². The normalized spacial score (nSPS) is 11.6. The Bertz CT molecular complexity index is 653. The highest BCUT2D eigenvalue weighted by Gasteiger charge is 2.11. The third-order valence-corrected chi connectivity index (χ3v) is 4.17. The van der Waals surface area contributed by atoms with Crippen molar-refractivity contribution < 1.29 is 14.3 Å². The summed E-state index contributed by atoms with van der Waals surface area (Å²) in [7, 11) is 0. The Morgan fingerprint density at radius 1 is 1.21 bits per heavy atom. The van der Waals surface area contributed by atoms with Crippen molar-refractivity contribution >= 4 is 23.2 Å². The fraction of sp³-hybridized carbons (Fsp3) is 0.333. The molecule has 1 unspecified atom stereocenters. The highest BCUT2D eigenvalue weighted by Crippen LogP contribution is 2.17. The molecule has 0 fully saturated rings. The van der Waals surface area contributed by atoms with Gasteiger partial charge in [0.2, 0.25) is 5.91 Å². The molecular weight excluding hydrogens is 324 g/mol. The van der Waals surface area contributed by atoms with E-state index < -0.39 is 0 Å². The number of hydrogen-bond donors (Lipinski definition) is 2. The van der Waals surface area contributed by atoms with Crippen molar-refractivity contribution in [1.82, 2.24) is 10.6 Å². The minimum absolute atomic E-state index is 0.0954. The molecule has 0 aliphatic carbocycles. The Balaban J connectivity index is 1.74. The van der Waals surface area contributed by atoms with E-state index in [0.717, 1.165) is 11.3 Å². The Labute approximate surface area is 146 Å². The molecular formula is C18H22N2O3S. The third-order valence-electron chi connectivity index (χ3n) is 3.49. The summed E-state index contributed by atoms with van der Waals surface area (Å²) in [6.45, 7) is 4.81. The van der Waals surface area contributed by atoms with E-state index in [1.54, 1.807) is 11.4 Å². The van der Waals surface area contributed by atoms with Crippen molar-refractivity contribution in [3.63, 3.8) is 0 Å². The summed E-state index contributed by atoms with van der Waals surface area (Å²) >= 11 is 1.47. The molecule has 0 spiro atoms. The van der Waals surface area contributed by atoms with Gasteiger partial charge in [-0.2, -0.15) is 11.3 Å². The van der Waals surface area contributed by atoms with E-state index in [0.29, 0.717) is 18.7 Å². The summed E-state index contributed by atoms with van der Waals surface area (Å²) in [5.74, 6) is 0.571. The number of rotatable bonds is 8. The van der Waals surface area contributed by atoms with Crippen LogP contribution in [0.15, 0.2) is 41.1 Å². The molecule has 5 nitrogen and oxygen atoms in total. The summed E-state index contributed by atoms with van der Waals surface area (Å²) < 4.78 is 5.40. The maximum atomic E-state index is 12.0. The number of nitrogens with one attached hydrogen (secondary N) is 2. The van der Waals surface area contributed by atoms with E-state index in [2.05, 4.69) is 10.6 Å². The predicted octanol–water partition coefficient (Wildman–Crippen LogP) is 3.14. The van der Waals surface area contributed by atoms with Gasteiger partial charge in [-0.25, -0.2) is 0 Å². The van der Waals surface area contributed by atoms with E-state index >= 15 is 0 Å². The first kappa shape index (κ1) is 18.0. The van der Waals surface area contributed by atoms with Gasteiger partial charge >= 0.3 is 0 Å². The van der Waals surface area contributed by atoms with Crippen molar-refractivity contribution in [3.05, 3.63) is 52.2 Å². The predicted molar refractivity (Wildman–Crippen MR) is 95.4 cm³/mol. The molecule has 0 bridgehead atoms. The molecule has 1 heterocycles. The van der Waals surface area contributed by atoms with Crippen LogP contribution < -0.4 is 15.4 Å². The lowest BCUT2D eigenvalue weighted by Crippen LogP contribution is -2.31. The molecule has 1 aromatic heterocycles. The van der Waals surface area contributed by atoms with E-state index in [9.17, 15) is 9.59 Å². The first-order valence-corrected chi connectivity index (χ1v) is 8.87. The third kappa shape index (κ3) is 5.38. The van der Waals surface area contributed by atoms with Crippen molar-refractivity contribution in [2.45, 2.75) is 26.3 Å². The van der Waals surface area contributed by atoms with E-state index in [4.69, 9.17) is 4.74 Å². The molecule has 2 aromatic rings. The van der Waals surface area contributed by atoms with Crippen molar-refractivity contribution in [3.8, 4) is 5.75 Å². The SMILES string of the molecule is CCOc1ccc(C(C)NC(=O)CCNC(=O)c2ccsc2)cc1. The van der Waals surface area contributed by atoms with Gasteiger partial charge in [-0.15, -0.1) is 0 Å². The van der Waals surface area contributed by atoms with Gasteiger partial charge < -0.3 is 15.4 Å². The summed E-state index contributed by atoms with van der Waals surface area (Å²) in [6.07, 6.45) is 0.247. The van der Waals surface area contributed by atoms with Gasteiger partial charge in [-0.3, -0.25) is 9.59 Å². The topological polar surface area (TPSA) is 67.4 Å². The molecule has 2 rings (SSSR count). The highest BCUT2D eigenvalue weighted by atomic mass is 32.1. The molecule has 0 saturated heterocycles. The van der Waals surface area contributed by atoms with Gasteiger partial charge in [0.15, 0.2) is 0 Å². The second-order valence-electron chi connectivity index (χ2n) is 5.31. The second kappa shape index (κ2) is 9.08. The number of benzene rings is 1. The number of amides is 2. The fourth-order valence-corrected chi connectivity index (χ4v) is 2.84. The molecule has 6 heteroatoms. The number of carbonyl (C=O) groups excluding carboxylic acids is 2. The first-order valence-electron chi connectivity index (χ1n) is 7.92. The number of ether oxygens (including phenoxy) is 1. The lowest BCUT2D eigenvalue weighted by molar-refractivity contribution is -0.121. The van der Waals surface area contributed by atoms with E-state index in [1.165, 1.54) is 11.3 Å². The molecule has 0 radical (unpaired) electrons. The lowest BCUT2D eigenvalue weighted by Gasteiger charge is -2.15. The zero-order chi connectivity index (χ0) is 17.4. The van der Waals surface area contributed by atoms with Crippen LogP contribution in [-0.2, 0) is 4.79 Å². The Hall–Kier alpha value is -2.34. The standard InChI is InChI=1S/C18H22N2O3S/c1-3-23-16-6-4-14(5-7-16)13(2)20-17(21)8-10-19-18(22)15-9-11-24-12-15/h4-7,9,11-13H,3,8,10H2,1-2H3,(H,19,22)(H,20,21). The monoisotopic (exact) mass is 346 g/mol. The van der Waals surface area contributed by atoms with Crippen LogP contribution in [0.3, 0.4) is 0 Å². The summed E-state index contributed by atoms with van der Waals surface area (Å²) in [4.78, 5) is 23.7. The van der Waals surface area contributed by atoms with E-state index in [1.807, 2.05) is 43.5 Å². The van der Waals surface area contributed by atoms with Gasteiger partial charge in [-0.05, 0) is 43.0 Å². The number of thiophene rings is 1. The van der Waals surface area contributed by atoms with Gasteiger partial charge in [0.25, 0.3) is 5.91 Å². The molecule has 0 aliphatic heterocycles. The average Bonchev–Trinajstić information content (AvgIpc) is 3.10. The van der Waals surface area contributed by atoms with Crippen LogP contribution in [0.1, 0.15) is 42.2 Å². The summed E-state index contributed by atoms with van der Waals surface area (Å²) in [6, 6.07) is 9.32. The average molecular weight is 346 g/mol. The van der Waals surface area contributed by atoms with Crippen molar-refractivity contribution in [2.75, 3.05) is 13.2 Å². The first-order chi connectivity index (χ1) is 11.6. The molecule has 2 N–H and O–H groups in total. The zero-order valence-corrected chi connectivity index (χ0v) is 14.7. The minimum atomic E-state index is -0.149.